The maximum Gasteiger partial charge on any atom is 0.344 e. The van der Waals surface area contributed by atoms with Gasteiger partial charge in [0.2, 0.25) is 11.2 Å². The topological polar surface area (TPSA) is 82.8 Å². The second kappa shape index (κ2) is 5.48. The van der Waals surface area contributed by atoms with E-state index in [0.717, 1.165) is 12.3 Å². The molecule has 0 aliphatic carbocycles. The Morgan fingerprint density at radius 3 is 2.61 bits per heavy atom. The van der Waals surface area contributed by atoms with E-state index in [2.05, 4.69) is 0 Å². The van der Waals surface area contributed by atoms with Gasteiger partial charge in [0.25, 0.3) is 0 Å². The van der Waals surface area contributed by atoms with E-state index in [1.54, 1.807) is 20.8 Å². The number of hydrogen-bond acceptors (Lipinski definition) is 6. The van der Waals surface area contributed by atoms with Crippen molar-refractivity contribution in [3.63, 3.8) is 0 Å². The van der Waals surface area contributed by atoms with Crippen LogP contribution in [0.25, 0.3) is 0 Å². The number of carbonyl (C=O) groups excluding carboxylic acids is 2. The van der Waals surface area contributed by atoms with Crippen LogP contribution in [-0.2, 0) is 9.53 Å². The second-order valence-corrected chi connectivity index (χ2v) is 4.50. The lowest BCUT2D eigenvalue weighted by Crippen LogP contribution is -2.28. The molecule has 98 valence electrons. The predicted octanol–water partition coefficient (Wildman–Crippen LogP) is 1.17. The SMILES string of the molecule is CC(C)(C)OC(=O)COc1coc(C=O)cc1=O. The third-order valence-corrected chi connectivity index (χ3v) is 1.70. The highest BCUT2D eigenvalue weighted by Gasteiger charge is 2.17. The zero-order valence-corrected chi connectivity index (χ0v) is 10.4. The highest BCUT2D eigenvalue weighted by Crippen LogP contribution is 2.08. The van der Waals surface area contributed by atoms with E-state index in [9.17, 15) is 14.4 Å². The van der Waals surface area contributed by atoms with Gasteiger partial charge in [-0.25, -0.2) is 4.79 Å². The molecule has 6 nitrogen and oxygen atoms in total. The molecule has 0 aliphatic heterocycles. The largest absolute Gasteiger partial charge is 0.475 e. The zero-order chi connectivity index (χ0) is 13.8. The minimum absolute atomic E-state index is 0.107. The van der Waals surface area contributed by atoms with Crippen LogP contribution in [-0.4, -0.2) is 24.5 Å². The molecular weight excluding hydrogens is 240 g/mol. The van der Waals surface area contributed by atoms with Crippen LogP contribution < -0.4 is 10.2 Å². The molecule has 0 aromatic carbocycles. The molecule has 0 bridgehead atoms. The van der Waals surface area contributed by atoms with Crippen LogP contribution in [0.3, 0.4) is 0 Å². The summed E-state index contributed by atoms with van der Waals surface area (Å²) in [7, 11) is 0. The molecule has 0 N–H and O–H groups in total. The van der Waals surface area contributed by atoms with Crippen LogP contribution in [0.1, 0.15) is 31.3 Å². The minimum atomic E-state index is -0.619. The number of aldehydes is 1. The highest BCUT2D eigenvalue weighted by atomic mass is 16.6. The van der Waals surface area contributed by atoms with Gasteiger partial charge in [0.05, 0.1) is 0 Å². The molecule has 0 amide bonds. The lowest BCUT2D eigenvalue weighted by Gasteiger charge is -2.19. The Hall–Kier alpha value is -2.11. The van der Waals surface area contributed by atoms with Crippen molar-refractivity contribution in [1.29, 1.82) is 0 Å². The third kappa shape index (κ3) is 4.40. The Balaban J connectivity index is 2.62. The minimum Gasteiger partial charge on any atom is -0.475 e. The van der Waals surface area contributed by atoms with Gasteiger partial charge in [0.1, 0.15) is 11.9 Å². The van der Waals surface area contributed by atoms with E-state index >= 15 is 0 Å². The van der Waals surface area contributed by atoms with Gasteiger partial charge in [-0.2, -0.15) is 0 Å². The van der Waals surface area contributed by atoms with Crippen LogP contribution in [0, 0.1) is 0 Å². The van der Waals surface area contributed by atoms with Gasteiger partial charge < -0.3 is 13.9 Å². The molecule has 0 spiro atoms. The highest BCUT2D eigenvalue weighted by molar-refractivity contribution is 5.72. The molecule has 1 rings (SSSR count). The standard InChI is InChI=1S/C12H14O6/c1-12(2,3)18-11(15)7-17-10-6-16-8(5-13)4-9(10)14/h4-6H,7H2,1-3H3. The van der Waals surface area contributed by atoms with Crippen molar-refractivity contribution in [1.82, 2.24) is 0 Å². The smallest absolute Gasteiger partial charge is 0.344 e. The molecular formula is C12H14O6. The lowest BCUT2D eigenvalue weighted by molar-refractivity contribution is -0.157. The second-order valence-electron chi connectivity index (χ2n) is 4.50. The van der Waals surface area contributed by atoms with Gasteiger partial charge in [-0.1, -0.05) is 0 Å². The Labute approximate surface area is 104 Å². The molecule has 1 heterocycles. The van der Waals surface area contributed by atoms with Crippen molar-refractivity contribution in [2.24, 2.45) is 0 Å². The number of hydrogen-bond donors (Lipinski definition) is 0. The van der Waals surface area contributed by atoms with Crippen LogP contribution in [0.15, 0.2) is 21.5 Å². The first-order valence-corrected chi connectivity index (χ1v) is 5.24. The fourth-order valence-electron chi connectivity index (χ4n) is 1.09. The fraction of sp³-hybridized carbons (Fsp3) is 0.417. The number of esters is 1. The fourth-order valence-corrected chi connectivity index (χ4v) is 1.09. The molecule has 1 aromatic heterocycles. The molecule has 0 atom stereocenters. The Bertz CT molecular complexity index is 494. The average Bonchev–Trinajstić information content (AvgIpc) is 2.25. The van der Waals surface area contributed by atoms with E-state index in [1.165, 1.54) is 0 Å². The van der Waals surface area contributed by atoms with Gasteiger partial charge in [-0.15, -0.1) is 0 Å². The molecule has 18 heavy (non-hydrogen) atoms. The van der Waals surface area contributed by atoms with Crippen molar-refractivity contribution in [3.8, 4) is 5.75 Å². The van der Waals surface area contributed by atoms with Crippen LogP contribution in [0.4, 0.5) is 0 Å². The van der Waals surface area contributed by atoms with E-state index in [1.807, 2.05) is 0 Å². The maximum absolute atomic E-state index is 11.4. The van der Waals surface area contributed by atoms with E-state index < -0.39 is 23.6 Å². The summed E-state index contributed by atoms with van der Waals surface area (Å²) in [4.78, 5) is 33.1. The van der Waals surface area contributed by atoms with Crippen molar-refractivity contribution in [2.75, 3.05) is 6.61 Å². The summed E-state index contributed by atoms with van der Waals surface area (Å²) in [6.07, 6.45) is 1.38. The summed E-state index contributed by atoms with van der Waals surface area (Å²) in [5.41, 5.74) is -1.15. The first-order valence-electron chi connectivity index (χ1n) is 5.24. The van der Waals surface area contributed by atoms with E-state index in [4.69, 9.17) is 13.9 Å². The molecule has 1 aromatic rings. The van der Waals surface area contributed by atoms with Crippen LogP contribution >= 0.6 is 0 Å². The Morgan fingerprint density at radius 2 is 2.11 bits per heavy atom. The van der Waals surface area contributed by atoms with Gasteiger partial charge in [-0.05, 0) is 20.8 Å². The van der Waals surface area contributed by atoms with E-state index in [-0.39, 0.29) is 11.5 Å². The summed E-state index contributed by atoms with van der Waals surface area (Å²) >= 11 is 0. The monoisotopic (exact) mass is 254 g/mol. The van der Waals surface area contributed by atoms with E-state index in [0.29, 0.717) is 6.29 Å². The third-order valence-electron chi connectivity index (χ3n) is 1.70. The van der Waals surface area contributed by atoms with Gasteiger partial charge in [0.15, 0.2) is 18.7 Å². The number of carbonyl (C=O) groups is 2. The van der Waals surface area contributed by atoms with Crippen molar-refractivity contribution in [3.05, 3.63) is 28.3 Å². The molecule has 6 heteroatoms. The average molecular weight is 254 g/mol. The predicted molar refractivity (Wildman–Crippen MR) is 61.7 cm³/mol. The number of rotatable bonds is 4. The zero-order valence-electron chi connectivity index (χ0n) is 10.4. The van der Waals surface area contributed by atoms with Crippen LogP contribution in [0.2, 0.25) is 0 Å². The van der Waals surface area contributed by atoms with Gasteiger partial charge in [0, 0.05) is 6.07 Å². The molecule has 0 fully saturated rings. The van der Waals surface area contributed by atoms with Crippen molar-refractivity contribution >= 4 is 12.3 Å². The lowest BCUT2D eigenvalue weighted by atomic mass is 10.2. The first kappa shape index (κ1) is 14.0. The molecule has 0 saturated heterocycles. The quantitative estimate of drug-likeness (QED) is 0.592. The van der Waals surface area contributed by atoms with Gasteiger partial charge >= 0.3 is 5.97 Å². The molecule has 0 aliphatic rings. The first-order chi connectivity index (χ1) is 8.31. The normalized spacial score (nSPS) is 10.8. The Kier molecular flexibility index (Phi) is 4.25. The summed E-state index contributed by atoms with van der Waals surface area (Å²) in [5, 5.41) is 0. The van der Waals surface area contributed by atoms with Gasteiger partial charge in [-0.3, -0.25) is 9.59 Å². The summed E-state index contributed by atoms with van der Waals surface area (Å²) in [6, 6.07) is 0.984. The van der Waals surface area contributed by atoms with Crippen molar-refractivity contribution < 1.29 is 23.5 Å². The summed E-state index contributed by atoms with van der Waals surface area (Å²) in [5.74, 6) is -0.850. The van der Waals surface area contributed by atoms with Crippen LogP contribution in [0.5, 0.6) is 5.75 Å². The summed E-state index contributed by atoms with van der Waals surface area (Å²) < 4.78 is 14.7. The van der Waals surface area contributed by atoms with Crippen molar-refractivity contribution in [2.45, 2.75) is 26.4 Å². The molecule has 0 saturated carbocycles. The Morgan fingerprint density at radius 1 is 1.44 bits per heavy atom. The maximum atomic E-state index is 11.4. The number of ether oxygens (including phenoxy) is 2. The molecule has 0 unspecified atom stereocenters. The molecule has 0 radical (unpaired) electrons. The summed E-state index contributed by atoms with van der Waals surface area (Å²) in [6.45, 7) is 4.76.